The minimum Gasteiger partial charge on any atom is -0.370 e. The maximum Gasteiger partial charge on any atom is 0.275 e. The van der Waals surface area contributed by atoms with E-state index in [0.717, 1.165) is 52.8 Å². The van der Waals surface area contributed by atoms with Crippen molar-refractivity contribution in [2.45, 2.75) is 25.8 Å². The summed E-state index contributed by atoms with van der Waals surface area (Å²) >= 11 is 3.11. The van der Waals surface area contributed by atoms with Crippen molar-refractivity contribution >= 4 is 40.0 Å². The van der Waals surface area contributed by atoms with Crippen molar-refractivity contribution in [2.75, 3.05) is 29.9 Å². The molecule has 1 unspecified atom stereocenters. The minimum atomic E-state index is -0.189. The summed E-state index contributed by atoms with van der Waals surface area (Å²) in [6.45, 7) is 3.10. The highest BCUT2D eigenvalue weighted by atomic mass is 32.1. The van der Waals surface area contributed by atoms with Crippen LogP contribution in [0.4, 0.5) is 11.4 Å². The predicted octanol–water partition coefficient (Wildman–Crippen LogP) is 4.15. The Labute approximate surface area is 184 Å². The third kappa shape index (κ3) is 4.73. The fourth-order valence-corrected chi connectivity index (χ4v) is 5.52. The van der Waals surface area contributed by atoms with E-state index in [9.17, 15) is 4.79 Å². The van der Waals surface area contributed by atoms with E-state index in [1.54, 1.807) is 11.3 Å². The minimum absolute atomic E-state index is 0.189. The number of nitrogens with zero attached hydrogens (tertiary/aromatic N) is 2. The van der Waals surface area contributed by atoms with Crippen molar-refractivity contribution in [3.05, 3.63) is 52.3 Å². The molecule has 3 aromatic rings. The van der Waals surface area contributed by atoms with Crippen molar-refractivity contribution in [2.24, 2.45) is 17.4 Å². The molecule has 5 N–H and O–H groups in total. The van der Waals surface area contributed by atoms with E-state index in [1.807, 2.05) is 35.0 Å². The van der Waals surface area contributed by atoms with Crippen molar-refractivity contribution in [3.63, 3.8) is 0 Å². The number of nitrogens with one attached hydrogen (secondary N) is 1. The molecule has 30 heavy (non-hydrogen) atoms. The summed E-state index contributed by atoms with van der Waals surface area (Å²) in [6.07, 6.45) is 3.36. The molecular weight excluding hydrogens is 414 g/mol. The molecule has 1 saturated heterocycles. The van der Waals surface area contributed by atoms with E-state index < -0.39 is 0 Å². The van der Waals surface area contributed by atoms with Gasteiger partial charge in [-0.2, -0.15) is 0 Å². The van der Waals surface area contributed by atoms with Crippen LogP contribution in [0.2, 0.25) is 0 Å². The van der Waals surface area contributed by atoms with Crippen LogP contribution in [0.5, 0.6) is 0 Å². The highest BCUT2D eigenvalue weighted by Gasteiger charge is 2.23. The van der Waals surface area contributed by atoms with Crippen LogP contribution in [0.1, 0.15) is 35.3 Å². The lowest BCUT2D eigenvalue weighted by Gasteiger charge is -2.35. The number of carbonyl (C=O) groups is 1. The van der Waals surface area contributed by atoms with E-state index >= 15 is 0 Å². The zero-order chi connectivity index (χ0) is 20.9. The Morgan fingerprint density at radius 2 is 2.17 bits per heavy atom. The second kappa shape index (κ2) is 9.70. The second-order valence-electron chi connectivity index (χ2n) is 7.56. The molecular formula is C22H27N5OS2. The normalized spacial score (nSPS) is 16.6. The molecule has 0 aliphatic carbocycles. The monoisotopic (exact) mass is 441 g/mol. The maximum absolute atomic E-state index is 12.9. The van der Waals surface area contributed by atoms with Crippen LogP contribution in [-0.2, 0) is 6.54 Å². The summed E-state index contributed by atoms with van der Waals surface area (Å²) < 4.78 is 0. The van der Waals surface area contributed by atoms with Gasteiger partial charge in [-0.3, -0.25) is 4.79 Å². The van der Waals surface area contributed by atoms with E-state index in [2.05, 4.69) is 21.3 Å². The van der Waals surface area contributed by atoms with Crippen molar-refractivity contribution < 1.29 is 4.79 Å². The molecule has 1 aliphatic rings. The van der Waals surface area contributed by atoms with Crippen molar-refractivity contribution in [1.82, 2.24) is 4.98 Å². The average molecular weight is 442 g/mol. The fourth-order valence-electron chi connectivity index (χ4n) is 3.90. The lowest BCUT2D eigenvalue weighted by atomic mass is 9.94. The van der Waals surface area contributed by atoms with Crippen LogP contribution >= 0.6 is 22.7 Å². The van der Waals surface area contributed by atoms with Gasteiger partial charge in [0.1, 0.15) is 10.7 Å². The number of anilines is 2. The summed E-state index contributed by atoms with van der Waals surface area (Å²) in [5.41, 5.74) is 15.0. The lowest BCUT2D eigenvalue weighted by Crippen LogP contribution is -2.36. The Balaban J connectivity index is 1.55. The van der Waals surface area contributed by atoms with Gasteiger partial charge in [0, 0.05) is 25.0 Å². The molecule has 1 atom stereocenters. The van der Waals surface area contributed by atoms with Gasteiger partial charge < -0.3 is 21.7 Å². The number of nitrogens with two attached hydrogens (primary N) is 2. The summed E-state index contributed by atoms with van der Waals surface area (Å²) in [6, 6.07) is 10.0. The van der Waals surface area contributed by atoms with Gasteiger partial charge in [-0.25, -0.2) is 4.98 Å². The first-order valence-electron chi connectivity index (χ1n) is 10.3. The predicted molar refractivity (Wildman–Crippen MR) is 126 cm³/mol. The Bertz CT molecular complexity index is 983. The summed E-state index contributed by atoms with van der Waals surface area (Å²) in [5.74, 6) is 0.395. The smallest absolute Gasteiger partial charge is 0.275 e. The molecule has 158 valence electrons. The van der Waals surface area contributed by atoms with Gasteiger partial charge in [0.15, 0.2) is 0 Å². The van der Waals surface area contributed by atoms with E-state index in [-0.39, 0.29) is 5.91 Å². The zero-order valence-corrected chi connectivity index (χ0v) is 18.5. The Morgan fingerprint density at radius 1 is 1.27 bits per heavy atom. The number of hydrogen-bond donors (Lipinski definition) is 3. The summed E-state index contributed by atoms with van der Waals surface area (Å²) in [7, 11) is 0. The first kappa shape index (κ1) is 21.0. The van der Waals surface area contributed by atoms with E-state index in [1.165, 1.54) is 17.8 Å². The molecule has 0 bridgehead atoms. The molecule has 6 nitrogen and oxygen atoms in total. The molecule has 0 saturated carbocycles. The Hall–Kier alpha value is -2.26. The molecule has 1 aliphatic heterocycles. The van der Waals surface area contributed by atoms with E-state index in [0.29, 0.717) is 24.7 Å². The average Bonchev–Trinajstić information content (AvgIpc) is 3.46. The van der Waals surface area contributed by atoms with Gasteiger partial charge in [0.2, 0.25) is 0 Å². The number of carbonyl (C=O) groups excluding carboxylic acids is 1. The van der Waals surface area contributed by atoms with Gasteiger partial charge in [0.05, 0.1) is 16.3 Å². The van der Waals surface area contributed by atoms with Crippen LogP contribution in [0.15, 0.2) is 41.1 Å². The Morgan fingerprint density at radius 3 is 2.93 bits per heavy atom. The first-order valence-corrected chi connectivity index (χ1v) is 12.0. The van der Waals surface area contributed by atoms with Gasteiger partial charge in [0.25, 0.3) is 5.91 Å². The SMILES string of the molecule is NCCC1CCCN(c2cc(CN)ccc2NC(=O)c2csc(-c3cccs3)n2)C1. The number of hydrogen-bond acceptors (Lipinski definition) is 7. The fraction of sp³-hybridized carbons (Fsp3) is 0.364. The molecule has 8 heteroatoms. The van der Waals surface area contributed by atoms with Crippen LogP contribution in [0.3, 0.4) is 0 Å². The molecule has 2 aromatic heterocycles. The highest BCUT2D eigenvalue weighted by Crippen LogP contribution is 2.33. The molecule has 0 spiro atoms. The Kier molecular flexibility index (Phi) is 6.79. The molecule has 0 radical (unpaired) electrons. The molecule has 3 heterocycles. The topological polar surface area (TPSA) is 97.3 Å². The largest absolute Gasteiger partial charge is 0.370 e. The summed E-state index contributed by atoms with van der Waals surface area (Å²) in [4.78, 5) is 20.9. The number of amides is 1. The molecule has 1 amide bonds. The second-order valence-corrected chi connectivity index (χ2v) is 9.36. The third-order valence-corrected chi connectivity index (χ3v) is 7.33. The first-order chi connectivity index (χ1) is 14.7. The van der Waals surface area contributed by atoms with Crippen LogP contribution in [0, 0.1) is 5.92 Å². The zero-order valence-electron chi connectivity index (χ0n) is 16.8. The van der Waals surface area contributed by atoms with Gasteiger partial charge in [-0.05, 0) is 60.9 Å². The summed E-state index contributed by atoms with van der Waals surface area (Å²) in [5, 5.41) is 7.78. The highest BCUT2D eigenvalue weighted by molar-refractivity contribution is 7.20. The van der Waals surface area contributed by atoms with Gasteiger partial charge >= 0.3 is 0 Å². The van der Waals surface area contributed by atoms with E-state index in [4.69, 9.17) is 11.5 Å². The number of rotatable bonds is 7. The van der Waals surface area contributed by atoms with Gasteiger partial charge in [-0.1, -0.05) is 12.1 Å². The maximum atomic E-state index is 12.9. The van der Waals surface area contributed by atoms with Crippen molar-refractivity contribution in [1.29, 1.82) is 0 Å². The van der Waals surface area contributed by atoms with Crippen LogP contribution in [0.25, 0.3) is 9.88 Å². The number of thiazole rings is 1. The van der Waals surface area contributed by atoms with Crippen LogP contribution in [-0.4, -0.2) is 30.5 Å². The van der Waals surface area contributed by atoms with Crippen LogP contribution < -0.4 is 21.7 Å². The quantitative estimate of drug-likeness (QED) is 0.512. The number of thiophene rings is 1. The lowest BCUT2D eigenvalue weighted by molar-refractivity contribution is 0.102. The standard InChI is InChI=1S/C22H27N5OS2/c23-8-7-15-3-1-9-27(13-15)19-11-16(12-24)5-6-17(19)25-21(28)18-14-30-22(26-18)20-4-2-10-29-20/h2,4-6,10-11,14-15H,1,3,7-9,12-13,23-24H2,(H,25,28). The van der Waals surface area contributed by atoms with Crippen molar-refractivity contribution in [3.8, 4) is 9.88 Å². The van der Waals surface area contributed by atoms with Gasteiger partial charge in [-0.15, -0.1) is 22.7 Å². The molecule has 1 fully saturated rings. The number of piperidine rings is 1. The number of aromatic nitrogens is 1. The molecule has 4 rings (SSSR count). The number of benzene rings is 1. The third-order valence-electron chi connectivity index (χ3n) is 5.45. The molecule has 1 aromatic carbocycles.